The van der Waals surface area contributed by atoms with E-state index in [0.717, 1.165) is 12.2 Å². The van der Waals surface area contributed by atoms with Crippen LogP contribution in [0.3, 0.4) is 0 Å². The Balaban J connectivity index is 2.72. The van der Waals surface area contributed by atoms with Crippen LogP contribution in [0.25, 0.3) is 4.98 Å². The number of aliphatic hydroxyl groups is 1. The Hall–Kier alpha value is -1.67. The molecule has 0 spiro atoms. The van der Waals surface area contributed by atoms with Crippen LogP contribution in [0, 0.1) is 5.39 Å². The van der Waals surface area contributed by atoms with Gasteiger partial charge >= 0.3 is 11.6 Å². The van der Waals surface area contributed by atoms with Gasteiger partial charge in [-0.1, -0.05) is 37.3 Å². The summed E-state index contributed by atoms with van der Waals surface area (Å²) in [5, 5.41) is 18.6. The zero-order valence-electron chi connectivity index (χ0n) is 11.2. The normalized spacial score (nSPS) is 13.3. The maximum atomic E-state index is 9.70. The second kappa shape index (κ2) is 8.44. The second-order valence-electron chi connectivity index (χ2n) is 3.92. The molecule has 0 amide bonds. The molecule has 19 heavy (non-hydrogen) atoms. The van der Waals surface area contributed by atoms with Crippen LogP contribution in [-0.2, 0) is 10.5 Å². The van der Waals surface area contributed by atoms with Gasteiger partial charge in [0.05, 0.1) is 6.61 Å². The Bertz CT molecular complexity index is 454. The molecule has 0 aliphatic rings. The number of ether oxygens (including phenoxy) is 1. The van der Waals surface area contributed by atoms with E-state index in [4.69, 9.17) is 10.1 Å². The fourth-order valence-corrected chi connectivity index (χ4v) is 2.74. The lowest BCUT2D eigenvalue weighted by molar-refractivity contribution is 0.0981. The van der Waals surface area contributed by atoms with E-state index in [9.17, 15) is 5.11 Å². The first-order valence-corrected chi connectivity index (χ1v) is 7.34. The molecule has 102 valence electrons. The van der Waals surface area contributed by atoms with Crippen LogP contribution in [-0.4, -0.2) is 17.0 Å². The molecule has 0 heterocycles. The van der Waals surface area contributed by atoms with Crippen LogP contribution in [0.4, 0.5) is 0 Å². The highest BCUT2D eigenvalue weighted by atomic mass is 32.2. The van der Waals surface area contributed by atoms with Crippen molar-refractivity contribution in [2.45, 2.75) is 31.3 Å². The van der Waals surface area contributed by atoms with Gasteiger partial charge in [-0.25, -0.2) is 0 Å². The maximum Gasteiger partial charge on any atom is 0.453 e. The third kappa shape index (κ3) is 4.84. The lowest BCUT2D eigenvalue weighted by atomic mass is 10.2. The third-order valence-electron chi connectivity index (χ3n) is 2.58. The predicted molar refractivity (Wildman–Crippen MR) is 78.2 cm³/mol. The van der Waals surface area contributed by atoms with E-state index in [1.54, 1.807) is 18.7 Å². The van der Waals surface area contributed by atoms with Crippen LogP contribution < -0.4 is 0 Å². The number of benzene rings is 1. The van der Waals surface area contributed by atoms with E-state index in [0.29, 0.717) is 6.61 Å². The van der Waals surface area contributed by atoms with E-state index in [1.807, 2.05) is 37.3 Å². The summed E-state index contributed by atoms with van der Waals surface area (Å²) in [4.78, 5) is 3.17. The lowest BCUT2D eigenvalue weighted by Gasteiger charge is -2.08. The fourth-order valence-electron chi connectivity index (χ4n) is 1.62. The van der Waals surface area contributed by atoms with Crippen LogP contribution >= 0.6 is 11.8 Å². The summed E-state index contributed by atoms with van der Waals surface area (Å²) in [6.45, 7) is 4.08. The van der Waals surface area contributed by atoms with Crippen molar-refractivity contribution in [3.8, 4) is 0 Å². The zero-order chi connectivity index (χ0) is 14.1. The minimum Gasteiger partial charge on any atom is -0.475 e. The molecule has 1 N–H and O–H groups in total. The first-order valence-electron chi connectivity index (χ1n) is 6.29. The molecule has 0 saturated heterocycles. The second-order valence-corrected chi connectivity index (χ2v) is 5.11. The van der Waals surface area contributed by atoms with Crippen LogP contribution in [0.2, 0.25) is 0 Å². The molecule has 0 radical (unpaired) electrons. The van der Waals surface area contributed by atoms with Crippen LogP contribution in [0.15, 0.2) is 42.0 Å². The van der Waals surface area contributed by atoms with Gasteiger partial charge in [0.15, 0.2) is 4.98 Å². The number of nitrogens with zero attached hydrogens (tertiary/aromatic N) is 2. The molecule has 0 aliphatic carbocycles. The number of diazo groups is 1. The molecule has 1 aromatic carbocycles. The highest BCUT2D eigenvalue weighted by Gasteiger charge is 2.31. The van der Waals surface area contributed by atoms with Gasteiger partial charge in [0.2, 0.25) is 5.39 Å². The van der Waals surface area contributed by atoms with Crippen LogP contribution in [0.5, 0.6) is 0 Å². The topological polar surface area (TPSA) is 57.6 Å². The summed E-state index contributed by atoms with van der Waals surface area (Å²) in [6.07, 6.45) is 0.744. The largest absolute Gasteiger partial charge is 0.475 e. The van der Waals surface area contributed by atoms with Gasteiger partial charge < -0.3 is 9.84 Å². The molecule has 0 aromatic heterocycles. The van der Waals surface area contributed by atoms with E-state index in [1.165, 1.54) is 5.56 Å². The Morgan fingerprint density at radius 2 is 2.05 bits per heavy atom. The molecular weight excluding hydrogens is 260 g/mol. The number of hydrogen-bond acceptors (Lipinski definition) is 4. The van der Waals surface area contributed by atoms with E-state index < -0.39 is 0 Å². The van der Waals surface area contributed by atoms with Gasteiger partial charge in [-0.2, -0.15) is 0 Å². The Morgan fingerprint density at radius 1 is 1.37 bits per heavy atom. The quantitative estimate of drug-likeness (QED) is 0.596. The predicted octanol–water partition coefficient (Wildman–Crippen LogP) is 4.32. The van der Waals surface area contributed by atoms with E-state index >= 15 is 0 Å². The van der Waals surface area contributed by atoms with Gasteiger partial charge in [-0.05, 0) is 18.9 Å². The van der Waals surface area contributed by atoms with Crippen molar-refractivity contribution >= 4 is 11.8 Å². The zero-order valence-corrected chi connectivity index (χ0v) is 12.1. The Morgan fingerprint density at radius 3 is 2.58 bits per heavy atom. The van der Waals surface area contributed by atoms with Gasteiger partial charge in [-0.3, -0.25) is 0 Å². The minimum absolute atomic E-state index is 0.100. The summed E-state index contributed by atoms with van der Waals surface area (Å²) in [5.41, 5.74) is 1.39. The first kappa shape index (κ1) is 15.4. The van der Waals surface area contributed by atoms with Crippen LogP contribution in [0.1, 0.15) is 25.8 Å². The molecule has 1 atom stereocenters. The summed E-state index contributed by atoms with van der Waals surface area (Å²) in [7, 11) is 0. The van der Waals surface area contributed by atoms with Gasteiger partial charge in [0, 0.05) is 5.75 Å². The van der Waals surface area contributed by atoms with Gasteiger partial charge in [-0.15, -0.1) is 11.8 Å². The highest BCUT2D eigenvalue weighted by molar-refractivity contribution is 7.99. The summed E-state index contributed by atoms with van der Waals surface area (Å²) in [6, 6.07) is 10.0. The molecule has 0 saturated carbocycles. The molecular formula is C14H19N2O2S+. The van der Waals surface area contributed by atoms with Crippen molar-refractivity contribution < 1.29 is 9.84 Å². The molecule has 1 aromatic rings. The Kier molecular flexibility index (Phi) is 6.83. The fraction of sp³-hybridized carbons (Fsp3) is 0.429. The summed E-state index contributed by atoms with van der Waals surface area (Å²) < 4.78 is 5.00. The van der Waals surface area contributed by atoms with Crippen molar-refractivity contribution in [1.82, 2.24) is 0 Å². The average molecular weight is 279 g/mol. The first-order chi connectivity index (χ1) is 9.22. The number of aliphatic hydroxyl groups excluding tert-OH is 1. The SMILES string of the molecule is CCO/C(O)=C(\[N+]#N)C(CC)SCc1ccccc1. The molecule has 0 bridgehead atoms. The van der Waals surface area contributed by atoms with Gasteiger partial charge in [0.1, 0.15) is 5.25 Å². The molecule has 5 heteroatoms. The smallest absolute Gasteiger partial charge is 0.453 e. The van der Waals surface area contributed by atoms with Crippen molar-refractivity contribution in [2.24, 2.45) is 0 Å². The molecule has 4 nitrogen and oxygen atoms in total. The van der Waals surface area contributed by atoms with Crippen molar-refractivity contribution in [3.63, 3.8) is 0 Å². The monoisotopic (exact) mass is 279 g/mol. The highest BCUT2D eigenvalue weighted by Crippen LogP contribution is 2.28. The van der Waals surface area contributed by atoms with E-state index in [-0.39, 0.29) is 16.9 Å². The average Bonchev–Trinajstić information content (AvgIpc) is 2.44. The summed E-state index contributed by atoms with van der Waals surface area (Å²) in [5.74, 6) is 0.495. The summed E-state index contributed by atoms with van der Waals surface area (Å²) >= 11 is 1.61. The standard InChI is InChI=1S/C14H18N2O2S/c1-3-12(13(16-15)14(17)18-4-2)19-10-11-8-6-5-7-9-11/h5-9,12H,3-4,10H2,1-2H3/p+1/b14-13-. The molecule has 0 aliphatic heterocycles. The molecule has 1 rings (SSSR count). The minimum atomic E-state index is -0.294. The number of hydrogen-bond donors (Lipinski definition) is 1. The number of rotatable bonds is 7. The van der Waals surface area contributed by atoms with E-state index in [2.05, 4.69) is 4.98 Å². The molecule has 1 unspecified atom stereocenters. The molecule has 0 fully saturated rings. The van der Waals surface area contributed by atoms with Crippen molar-refractivity contribution in [3.05, 3.63) is 52.5 Å². The van der Waals surface area contributed by atoms with Gasteiger partial charge in [0.25, 0.3) is 0 Å². The number of thioether (sulfide) groups is 1. The third-order valence-corrected chi connectivity index (χ3v) is 4.04. The maximum absolute atomic E-state index is 9.70. The lowest BCUT2D eigenvalue weighted by Crippen LogP contribution is -2.08. The Labute approximate surface area is 118 Å². The van der Waals surface area contributed by atoms with Crippen molar-refractivity contribution in [2.75, 3.05) is 6.61 Å². The van der Waals surface area contributed by atoms with Crippen molar-refractivity contribution in [1.29, 1.82) is 5.39 Å².